The summed E-state index contributed by atoms with van der Waals surface area (Å²) in [5, 5.41) is 0. The molecule has 1 aliphatic heterocycles. The van der Waals surface area contributed by atoms with Crippen LogP contribution < -0.4 is 15.4 Å². The lowest BCUT2D eigenvalue weighted by Crippen LogP contribution is -2.43. The maximum atomic E-state index is 12.5. The average molecular weight is 291 g/mol. The number of fused-ring (bicyclic) bond motifs is 1. The van der Waals surface area contributed by atoms with Gasteiger partial charge in [-0.25, -0.2) is 0 Å². The molecule has 0 aromatic heterocycles. The highest BCUT2D eigenvalue weighted by Crippen LogP contribution is 2.33. The summed E-state index contributed by atoms with van der Waals surface area (Å²) in [7, 11) is 0. The first kappa shape index (κ1) is 15.5. The van der Waals surface area contributed by atoms with Gasteiger partial charge in [0.15, 0.2) is 0 Å². The number of ether oxygens (including phenoxy) is 1. The Hall–Kier alpha value is -1.91. The Bertz CT molecular complexity index is 484. The fourth-order valence-electron chi connectivity index (χ4n) is 2.62. The fraction of sp³-hybridized carbons (Fsp3) is 0.562. The Morgan fingerprint density at radius 2 is 2.05 bits per heavy atom. The van der Waals surface area contributed by atoms with Crippen molar-refractivity contribution in [2.24, 2.45) is 0 Å². The third-order valence-electron chi connectivity index (χ3n) is 3.61. The van der Waals surface area contributed by atoms with Crippen LogP contribution in [0.15, 0.2) is 18.2 Å². The number of hydrogen-bond donors (Lipinski definition) is 1. The molecule has 116 valence electrons. The number of carbonyl (C=O) groups is 1. The molecular weight excluding hydrogens is 266 g/mol. The van der Waals surface area contributed by atoms with Crippen LogP contribution in [0.2, 0.25) is 0 Å². The minimum Gasteiger partial charge on any atom is -0.490 e. The smallest absolute Gasteiger partial charge is 0.242 e. The van der Waals surface area contributed by atoms with Crippen molar-refractivity contribution in [3.8, 4) is 5.75 Å². The topological polar surface area (TPSA) is 58.8 Å². The Morgan fingerprint density at radius 3 is 2.71 bits per heavy atom. The van der Waals surface area contributed by atoms with Gasteiger partial charge in [0.2, 0.25) is 5.91 Å². The lowest BCUT2D eigenvalue weighted by molar-refractivity contribution is -0.129. The van der Waals surface area contributed by atoms with Gasteiger partial charge in [0, 0.05) is 18.8 Å². The third kappa shape index (κ3) is 3.80. The summed E-state index contributed by atoms with van der Waals surface area (Å²) < 4.78 is 5.62. The largest absolute Gasteiger partial charge is 0.490 e. The van der Waals surface area contributed by atoms with E-state index in [1.807, 2.05) is 23.1 Å². The molecular formula is C16H25N3O2. The van der Waals surface area contributed by atoms with Crippen LogP contribution in [-0.2, 0) is 4.79 Å². The molecule has 0 aliphatic carbocycles. The van der Waals surface area contributed by atoms with Gasteiger partial charge in [0.1, 0.15) is 12.4 Å². The highest BCUT2D eigenvalue weighted by Gasteiger charge is 2.22. The van der Waals surface area contributed by atoms with Crippen molar-refractivity contribution < 1.29 is 9.53 Å². The summed E-state index contributed by atoms with van der Waals surface area (Å²) in [6.07, 6.45) is 1.97. The van der Waals surface area contributed by atoms with Gasteiger partial charge in [-0.05, 0) is 31.0 Å². The summed E-state index contributed by atoms with van der Waals surface area (Å²) in [6, 6.07) is 5.58. The summed E-state index contributed by atoms with van der Waals surface area (Å²) in [5.74, 6) is 0.981. The summed E-state index contributed by atoms with van der Waals surface area (Å²) >= 11 is 0. The number of anilines is 2. The molecule has 0 bridgehead atoms. The first-order valence-electron chi connectivity index (χ1n) is 7.70. The standard InChI is InChI=1S/C16H25N3O2/c1-3-7-18(8-4-2)16(20)12-19-9-10-21-15-6-5-13(17)11-14(15)19/h5-6,11H,3-4,7-10,12,17H2,1-2H3. The molecule has 5 heteroatoms. The van der Waals surface area contributed by atoms with Crippen LogP contribution in [0.3, 0.4) is 0 Å². The minimum absolute atomic E-state index is 0.175. The average Bonchev–Trinajstić information content (AvgIpc) is 2.47. The van der Waals surface area contributed by atoms with E-state index in [0.29, 0.717) is 25.4 Å². The number of rotatable bonds is 6. The monoisotopic (exact) mass is 291 g/mol. The lowest BCUT2D eigenvalue weighted by atomic mass is 10.2. The van der Waals surface area contributed by atoms with Crippen molar-refractivity contribution in [2.45, 2.75) is 26.7 Å². The predicted molar refractivity (Wildman–Crippen MR) is 85.7 cm³/mol. The molecule has 0 saturated heterocycles. The van der Waals surface area contributed by atoms with Gasteiger partial charge >= 0.3 is 0 Å². The van der Waals surface area contributed by atoms with Crippen molar-refractivity contribution >= 4 is 17.3 Å². The third-order valence-corrected chi connectivity index (χ3v) is 3.61. The summed E-state index contributed by atoms with van der Waals surface area (Å²) in [6.45, 7) is 7.54. The normalized spacial score (nSPS) is 13.5. The second kappa shape index (κ2) is 7.20. The van der Waals surface area contributed by atoms with Crippen molar-refractivity contribution in [1.82, 2.24) is 4.90 Å². The molecule has 1 amide bonds. The summed E-state index contributed by atoms with van der Waals surface area (Å²) in [5.41, 5.74) is 7.46. The van der Waals surface area contributed by atoms with E-state index in [9.17, 15) is 4.79 Å². The van der Waals surface area contributed by atoms with Gasteiger partial charge in [-0.2, -0.15) is 0 Å². The molecule has 0 unspecified atom stereocenters. The second-order valence-corrected chi connectivity index (χ2v) is 5.38. The molecule has 1 aromatic rings. The van der Waals surface area contributed by atoms with E-state index in [1.165, 1.54) is 0 Å². The number of hydrogen-bond acceptors (Lipinski definition) is 4. The van der Waals surface area contributed by atoms with Gasteiger partial charge in [-0.3, -0.25) is 4.79 Å². The van der Waals surface area contributed by atoms with Gasteiger partial charge in [-0.15, -0.1) is 0 Å². The minimum atomic E-state index is 0.175. The second-order valence-electron chi connectivity index (χ2n) is 5.38. The van der Waals surface area contributed by atoms with Crippen molar-refractivity contribution in [2.75, 3.05) is 43.4 Å². The SMILES string of the molecule is CCCN(CCC)C(=O)CN1CCOc2ccc(N)cc21. The maximum absolute atomic E-state index is 12.5. The molecule has 21 heavy (non-hydrogen) atoms. The molecule has 2 rings (SSSR count). The zero-order valence-electron chi connectivity index (χ0n) is 13.0. The van der Waals surface area contributed by atoms with E-state index in [0.717, 1.165) is 37.4 Å². The number of amides is 1. The number of nitrogens with zero attached hydrogens (tertiary/aromatic N) is 2. The molecule has 0 atom stereocenters. The summed E-state index contributed by atoms with van der Waals surface area (Å²) in [4.78, 5) is 16.5. The highest BCUT2D eigenvalue weighted by atomic mass is 16.5. The maximum Gasteiger partial charge on any atom is 0.242 e. The zero-order valence-corrected chi connectivity index (χ0v) is 13.0. The Morgan fingerprint density at radius 1 is 1.33 bits per heavy atom. The first-order valence-corrected chi connectivity index (χ1v) is 7.70. The molecule has 5 nitrogen and oxygen atoms in total. The van der Waals surface area contributed by atoms with E-state index in [-0.39, 0.29) is 5.91 Å². The number of carbonyl (C=O) groups excluding carboxylic acids is 1. The molecule has 1 aromatic carbocycles. The van der Waals surface area contributed by atoms with Crippen LogP contribution in [0.25, 0.3) is 0 Å². The van der Waals surface area contributed by atoms with Crippen LogP contribution in [0, 0.1) is 0 Å². The van der Waals surface area contributed by atoms with Crippen LogP contribution in [0.1, 0.15) is 26.7 Å². The van der Waals surface area contributed by atoms with Gasteiger partial charge in [-0.1, -0.05) is 13.8 Å². The number of benzene rings is 1. The zero-order chi connectivity index (χ0) is 15.2. The van der Waals surface area contributed by atoms with Crippen LogP contribution >= 0.6 is 0 Å². The molecule has 0 fully saturated rings. The molecule has 1 heterocycles. The first-order chi connectivity index (χ1) is 10.2. The molecule has 0 saturated carbocycles. The van der Waals surface area contributed by atoms with E-state index in [4.69, 9.17) is 10.5 Å². The van der Waals surface area contributed by atoms with E-state index < -0.39 is 0 Å². The molecule has 0 radical (unpaired) electrons. The lowest BCUT2D eigenvalue weighted by Gasteiger charge is -2.33. The van der Waals surface area contributed by atoms with E-state index in [1.54, 1.807) is 0 Å². The van der Waals surface area contributed by atoms with Crippen LogP contribution in [0.4, 0.5) is 11.4 Å². The highest BCUT2D eigenvalue weighted by molar-refractivity contribution is 5.83. The van der Waals surface area contributed by atoms with E-state index in [2.05, 4.69) is 18.7 Å². The fourth-order valence-corrected chi connectivity index (χ4v) is 2.62. The molecule has 1 aliphatic rings. The van der Waals surface area contributed by atoms with Crippen molar-refractivity contribution in [3.63, 3.8) is 0 Å². The predicted octanol–water partition coefficient (Wildman–Crippen LogP) is 2.12. The quantitative estimate of drug-likeness (QED) is 0.816. The Balaban J connectivity index is 2.09. The number of nitrogens with two attached hydrogens (primary N) is 1. The Kier molecular flexibility index (Phi) is 5.31. The molecule has 0 spiro atoms. The van der Waals surface area contributed by atoms with Crippen molar-refractivity contribution in [3.05, 3.63) is 18.2 Å². The number of nitrogen functional groups attached to an aromatic ring is 1. The Labute approximate surface area is 126 Å². The van der Waals surface area contributed by atoms with E-state index >= 15 is 0 Å². The van der Waals surface area contributed by atoms with Crippen LogP contribution in [-0.4, -0.2) is 43.6 Å². The van der Waals surface area contributed by atoms with Crippen molar-refractivity contribution in [1.29, 1.82) is 0 Å². The van der Waals surface area contributed by atoms with Gasteiger partial charge in [0.25, 0.3) is 0 Å². The van der Waals surface area contributed by atoms with Gasteiger partial charge < -0.3 is 20.3 Å². The molecule has 2 N–H and O–H groups in total. The van der Waals surface area contributed by atoms with Gasteiger partial charge in [0.05, 0.1) is 18.8 Å². The van der Waals surface area contributed by atoms with Crippen LogP contribution in [0.5, 0.6) is 5.75 Å².